The van der Waals surface area contributed by atoms with Gasteiger partial charge in [-0.15, -0.1) is 0 Å². The van der Waals surface area contributed by atoms with Gasteiger partial charge in [-0.05, 0) is 11.1 Å². The van der Waals surface area contributed by atoms with Crippen molar-refractivity contribution in [3.63, 3.8) is 0 Å². The molecular weight excluding hydrogens is 200 g/mol. The summed E-state index contributed by atoms with van der Waals surface area (Å²) in [7, 11) is -2.08. The van der Waals surface area contributed by atoms with Crippen molar-refractivity contribution >= 4 is 15.2 Å². The molecule has 0 radical (unpaired) electrons. The van der Waals surface area contributed by atoms with E-state index < -0.39 is 15.2 Å². The minimum Gasteiger partial charge on any atom is -0.0843 e. The Kier molecular flexibility index (Phi) is 2.20. The Morgan fingerprint density at radius 1 is 0.857 bits per heavy atom. The molecule has 3 rings (SSSR count). The minimum atomic E-state index is -1.06. The van der Waals surface area contributed by atoms with Crippen LogP contribution in [0.3, 0.4) is 0 Å². The largest absolute Gasteiger partial charge is 0.0843 e. The molecule has 2 heteroatoms. The van der Waals surface area contributed by atoms with Crippen molar-refractivity contribution in [3.05, 3.63) is 24.3 Å². The molecule has 2 aliphatic heterocycles. The molecule has 0 saturated heterocycles. The predicted molar refractivity (Wildman–Crippen MR) is 70.0 cm³/mol. The maximum absolute atomic E-state index is 2.66. The first-order chi connectivity index (χ1) is 6.40. The van der Waals surface area contributed by atoms with Gasteiger partial charge in [-0.1, -0.05) is 63.3 Å². The van der Waals surface area contributed by atoms with E-state index in [9.17, 15) is 0 Å². The van der Waals surface area contributed by atoms with Gasteiger partial charge in [0.15, 0.2) is 0 Å². The van der Waals surface area contributed by atoms with Crippen LogP contribution in [0.25, 0.3) is 0 Å². The molecule has 0 amide bonds. The van der Waals surface area contributed by atoms with Gasteiger partial charge in [-0.25, -0.2) is 0 Å². The predicted octanol–water partition coefficient (Wildman–Crippen LogP) is 4.14. The molecule has 0 aromatic heterocycles. The third kappa shape index (κ3) is 1.04. The summed E-state index contributed by atoms with van der Waals surface area (Å²) in [6, 6.07) is 0. The Labute approximate surface area is 89.9 Å². The molecule has 2 bridgehead atoms. The van der Waals surface area contributed by atoms with Crippen LogP contribution >= 0.6 is 0 Å². The first-order valence-electron chi connectivity index (χ1n) is 5.77. The zero-order valence-electron chi connectivity index (χ0n) is 10.0. The van der Waals surface area contributed by atoms with Gasteiger partial charge in [0.25, 0.3) is 0 Å². The van der Waals surface area contributed by atoms with E-state index in [1.165, 1.54) is 0 Å². The monoisotopic (exact) mass is 222 g/mol. The maximum Gasteiger partial charge on any atom is 0.0594 e. The Bertz CT molecular complexity index is 287. The van der Waals surface area contributed by atoms with Crippen LogP contribution in [0.15, 0.2) is 24.3 Å². The Hall–Kier alpha value is -0.0862. The smallest absolute Gasteiger partial charge is 0.0594 e. The quantitative estimate of drug-likeness (QED) is 0.462. The third-order valence-electron chi connectivity index (χ3n) is 5.17. The minimum absolute atomic E-state index is 0.839. The van der Waals surface area contributed by atoms with Gasteiger partial charge < -0.3 is 0 Å². The molecule has 78 valence electrons. The molecule has 0 saturated carbocycles. The van der Waals surface area contributed by atoms with Crippen molar-refractivity contribution in [2.45, 2.75) is 50.1 Å². The fourth-order valence-corrected chi connectivity index (χ4v) is 19.8. The van der Waals surface area contributed by atoms with Gasteiger partial charge in [-0.2, -0.15) is 0 Å². The molecule has 14 heavy (non-hydrogen) atoms. The summed E-state index contributed by atoms with van der Waals surface area (Å²) < 4.78 is 0. The Balaban J connectivity index is 2.52. The lowest BCUT2D eigenvalue weighted by molar-refractivity contribution is 0.960. The molecule has 0 aromatic rings. The second-order valence-corrected chi connectivity index (χ2v) is 21.6. The molecule has 0 fully saturated rings. The van der Waals surface area contributed by atoms with Crippen LogP contribution in [-0.2, 0) is 0 Å². The van der Waals surface area contributed by atoms with Crippen LogP contribution in [0.1, 0.15) is 13.8 Å². The van der Waals surface area contributed by atoms with E-state index in [1.54, 1.807) is 0 Å². The number of rotatable bonds is 1. The van der Waals surface area contributed by atoms with Gasteiger partial charge >= 0.3 is 0 Å². The van der Waals surface area contributed by atoms with Crippen LogP contribution in [0, 0.1) is 0 Å². The summed E-state index contributed by atoms with van der Waals surface area (Å²) >= 11 is 0. The molecular formula is C12H22Si2. The first-order valence-corrected chi connectivity index (χ1v) is 12.5. The lowest BCUT2D eigenvalue weighted by Crippen LogP contribution is -2.66. The van der Waals surface area contributed by atoms with Crippen molar-refractivity contribution < 1.29 is 0 Å². The van der Waals surface area contributed by atoms with E-state index in [0.29, 0.717) is 0 Å². The van der Waals surface area contributed by atoms with Crippen molar-refractivity contribution in [3.8, 4) is 0 Å². The highest BCUT2D eigenvalue weighted by Crippen LogP contribution is 2.53. The van der Waals surface area contributed by atoms with E-state index in [1.807, 2.05) is 0 Å². The van der Waals surface area contributed by atoms with Gasteiger partial charge in [-0.3, -0.25) is 0 Å². The van der Waals surface area contributed by atoms with Crippen LogP contribution < -0.4 is 0 Å². The summed E-state index contributed by atoms with van der Waals surface area (Å²) in [5, 5.41) is 0. The standard InChI is InChI=1S/C12H22Si2/c1-10(2)14(5)12-8-6-11(7-9-12)13(14,3)4/h6-12H,1-5H3. The van der Waals surface area contributed by atoms with Crippen LogP contribution in [0.4, 0.5) is 0 Å². The zero-order chi connectivity index (χ0) is 10.6. The van der Waals surface area contributed by atoms with Crippen LogP contribution in [0.2, 0.25) is 36.3 Å². The second kappa shape index (κ2) is 2.95. The fourth-order valence-electron chi connectivity index (χ4n) is 3.41. The highest BCUT2D eigenvalue weighted by atomic mass is 29.3. The molecule has 2 heterocycles. The van der Waals surface area contributed by atoms with Gasteiger partial charge in [0.05, 0.1) is 15.2 Å². The van der Waals surface area contributed by atoms with Crippen LogP contribution in [0.5, 0.6) is 0 Å². The van der Waals surface area contributed by atoms with E-state index in [-0.39, 0.29) is 0 Å². The van der Waals surface area contributed by atoms with Crippen molar-refractivity contribution in [2.24, 2.45) is 0 Å². The van der Waals surface area contributed by atoms with Crippen LogP contribution in [-0.4, -0.2) is 15.2 Å². The molecule has 0 N–H and O–H groups in total. The zero-order valence-corrected chi connectivity index (χ0v) is 12.0. The molecule has 3 aliphatic rings. The lowest BCUT2D eigenvalue weighted by Gasteiger charge is -2.55. The van der Waals surface area contributed by atoms with Gasteiger partial charge in [0.2, 0.25) is 0 Å². The van der Waals surface area contributed by atoms with Crippen molar-refractivity contribution in [1.82, 2.24) is 0 Å². The average Bonchev–Trinajstić information content (AvgIpc) is 2.14. The summed E-state index contributed by atoms with van der Waals surface area (Å²) in [5.74, 6) is 0. The molecule has 0 aromatic carbocycles. The first kappa shape index (κ1) is 10.4. The summed E-state index contributed by atoms with van der Waals surface area (Å²) in [5.41, 5.74) is 2.62. The molecule has 1 aliphatic carbocycles. The van der Waals surface area contributed by atoms with E-state index >= 15 is 0 Å². The fraction of sp³-hybridized carbons (Fsp3) is 0.667. The van der Waals surface area contributed by atoms with Gasteiger partial charge in [0.1, 0.15) is 0 Å². The highest BCUT2D eigenvalue weighted by Gasteiger charge is 2.56. The van der Waals surface area contributed by atoms with E-state index in [2.05, 4.69) is 57.8 Å². The number of fused-ring (bicyclic) bond motifs is 1. The van der Waals surface area contributed by atoms with E-state index in [0.717, 1.165) is 16.6 Å². The van der Waals surface area contributed by atoms with Crippen molar-refractivity contribution in [2.75, 3.05) is 0 Å². The van der Waals surface area contributed by atoms with E-state index in [4.69, 9.17) is 0 Å². The number of hydrogen-bond donors (Lipinski definition) is 0. The summed E-state index contributed by atoms with van der Waals surface area (Å²) in [6.45, 7) is 12.8. The topological polar surface area (TPSA) is 0 Å². The lowest BCUT2D eigenvalue weighted by atomic mass is 10.2. The number of hydrogen-bond acceptors (Lipinski definition) is 0. The highest BCUT2D eigenvalue weighted by molar-refractivity contribution is 7.43. The van der Waals surface area contributed by atoms with Gasteiger partial charge in [0, 0.05) is 0 Å². The van der Waals surface area contributed by atoms with Crippen molar-refractivity contribution in [1.29, 1.82) is 0 Å². The average molecular weight is 222 g/mol. The third-order valence-corrected chi connectivity index (χ3v) is 26.2. The summed E-state index contributed by atoms with van der Waals surface area (Å²) in [4.78, 5) is 0. The SMILES string of the molecule is CC(C)[Si]1(C)C2C=CC(C=C2)[Si]1(C)C. The molecule has 1 unspecified atom stereocenters. The Morgan fingerprint density at radius 2 is 1.29 bits per heavy atom. The normalized spacial score (nSPS) is 43.6. The second-order valence-electron chi connectivity index (χ2n) is 5.98. The molecule has 0 nitrogen and oxygen atoms in total. The molecule has 1 atom stereocenters. The Morgan fingerprint density at radius 3 is 1.57 bits per heavy atom. The number of allylic oxidation sites excluding steroid dienone is 4. The summed E-state index contributed by atoms with van der Waals surface area (Å²) in [6.07, 6.45) is 10.0. The molecule has 0 spiro atoms. The maximum atomic E-state index is 2.66.